The van der Waals surface area contributed by atoms with Crippen LogP contribution in [0.2, 0.25) is 0 Å². The molecule has 0 radical (unpaired) electrons. The molecule has 2 unspecified atom stereocenters. The van der Waals surface area contributed by atoms with Crippen LogP contribution in [0.4, 0.5) is 5.95 Å². The number of hydrogen-bond donors (Lipinski definition) is 2. The number of amides is 1. The highest BCUT2D eigenvalue weighted by atomic mass is 16.2. The molecule has 0 bridgehead atoms. The monoisotopic (exact) mass is 274 g/mol. The van der Waals surface area contributed by atoms with E-state index in [0.717, 1.165) is 24.0 Å². The predicted octanol–water partition coefficient (Wildman–Crippen LogP) is 2.37. The summed E-state index contributed by atoms with van der Waals surface area (Å²) in [5, 5.41) is 2.85. The lowest BCUT2D eigenvalue weighted by Gasteiger charge is -2.17. The molecule has 1 heterocycles. The molecule has 3 N–H and O–H groups in total. The van der Waals surface area contributed by atoms with E-state index < -0.39 is 6.04 Å². The SMILES string of the molecule is CCC(C)C(N)C(=O)Nc1nc2ccccc2n1CC. The van der Waals surface area contributed by atoms with Gasteiger partial charge in [-0.05, 0) is 25.0 Å². The summed E-state index contributed by atoms with van der Waals surface area (Å²) < 4.78 is 1.98. The minimum atomic E-state index is -0.509. The minimum Gasteiger partial charge on any atom is -0.320 e. The molecule has 0 aliphatic rings. The zero-order valence-electron chi connectivity index (χ0n) is 12.3. The molecule has 2 aromatic rings. The van der Waals surface area contributed by atoms with E-state index in [1.54, 1.807) is 0 Å². The van der Waals surface area contributed by atoms with Crippen molar-refractivity contribution in [1.29, 1.82) is 0 Å². The summed E-state index contributed by atoms with van der Waals surface area (Å²) in [7, 11) is 0. The van der Waals surface area contributed by atoms with E-state index in [0.29, 0.717) is 5.95 Å². The van der Waals surface area contributed by atoms with Gasteiger partial charge < -0.3 is 10.3 Å². The van der Waals surface area contributed by atoms with Gasteiger partial charge in [-0.15, -0.1) is 0 Å². The predicted molar refractivity (Wildman–Crippen MR) is 81.5 cm³/mol. The molecule has 1 amide bonds. The summed E-state index contributed by atoms with van der Waals surface area (Å²) in [6.07, 6.45) is 0.874. The highest BCUT2D eigenvalue weighted by Crippen LogP contribution is 2.19. The highest BCUT2D eigenvalue weighted by Gasteiger charge is 2.21. The zero-order chi connectivity index (χ0) is 14.7. The van der Waals surface area contributed by atoms with Gasteiger partial charge in [-0.25, -0.2) is 4.98 Å². The quantitative estimate of drug-likeness (QED) is 0.879. The number of imidazole rings is 1. The minimum absolute atomic E-state index is 0.148. The lowest BCUT2D eigenvalue weighted by molar-refractivity contribution is -0.118. The van der Waals surface area contributed by atoms with E-state index >= 15 is 0 Å². The molecule has 20 heavy (non-hydrogen) atoms. The van der Waals surface area contributed by atoms with Gasteiger partial charge in [0.15, 0.2) is 0 Å². The number of aryl methyl sites for hydroxylation is 1. The first kappa shape index (κ1) is 14.5. The first-order valence-electron chi connectivity index (χ1n) is 7.10. The fourth-order valence-electron chi connectivity index (χ4n) is 2.20. The second kappa shape index (κ2) is 6.05. The van der Waals surface area contributed by atoms with Gasteiger partial charge in [0, 0.05) is 6.54 Å². The fraction of sp³-hybridized carbons (Fsp3) is 0.467. The number of anilines is 1. The van der Waals surface area contributed by atoms with Crippen LogP contribution in [0.1, 0.15) is 27.2 Å². The van der Waals surface area contributed by atoms with Crippen molar-refractivity contribution in [2.24, 2.45) is 11.7 Å². The second-order valence-corrected chi connectivity index (χ2v) is 5.07. The van der Waals surface area contributed by atoms with Crippen LogP contribution in [0.25, 0.3) is 11.0 Å². The maximum absolute atomic E-state index is 12.2. The number of nitrogens with zero attached hydrogens (tertiary/aromatic N) is 2. The van der Waals surface area contributed by atoms with Crippen LogP contribution >= 0.6 is 0 Å². The Morgan fingerprint density at radius 1 is 1.40 bits per heavy atom. The largest absolute Gasteiger partial charge is 0.320 e. The number of benzene rings is 1. The molecule has 2 atom stereocenters. The van der Waals surface area contributed by atoms with Gasteiger partial charge in [0.25, 0.3) is 0 Å². The van der Waals surface area contributed by atoms with Crippen molar-refractivity contribution in [3.8, 4) is 0 Å². The summed E-state index contributed by atoms with van der Waals surface area (Å²) in [4.78, 5) is 16.6. The lowest BCUT2D eigenvalue weighted by Crippen LogP contribution is -2.41. The maximum atomic E-state index is 12.2. The summed E-state index contributed by atoms with van der Waals surface area (Å²) >= 11 is 0. The number of carbonyl (C=O) groups excluding carboxylic acids is 1. The third kappa shape index (κ3) is 2.67. The highest BCUT2D eigenvalue weighted by molar-refractivity contribution is 5.95. The zero-order valence-corrected chi connectivity index (χ0v) is 12.3. The molecule has 1 aromatic carbocycles. The summed E-state index contributed by atoms with van der Waals surface area (Å²) in [5.74, 6) is 0.538. The van der Waals surface area contributed by atoms with Crippen LogP contribution in [-0.2, 0) is 11.3 Å². The molecule has 2 rings (SSSR count). The average Bonchev–Trinajstić information content (AvgIpc) is 2.82. The van der Waals surface area contributed by atoms with Crippen LogP contribution in [0.15, 0.2) is 24.3 Å². The molecule has 0 saturated carbocycles. The number of aromatic nitrogens is 2. The summed E-state index contributed by atoms with van der Waals surface area (Å²) in [5.41, 5.74) is 7.85. The van der Waals surface area contributed by atoms with E-state index in [4.69, 9.17) is 5.73 Å². The van der Waals surface area contributed by atoms with Gasteiger partial charge in [0.2, 0.25) is 11.9 Å². The molecule has 0 aliphatic heterocycles. The topological polar surface area (TPSA) is 72.9 Å². The molecule has 0 saturated heterocycles. The first-order valence-corrected chi connectivity index (χ1v) is 7.10. The third-order valence-corrected chi connectivity index (χ3v) is 3.77. The van der Waals surface area contributed by atoms with Crippen molar-refractivity contribution in [3.63, 3.8) is 0 Å². The van der Waals surface area contributed by atoms with E-state index in [9.17, 15) is 4.79 Å². The number of rotatable bonds is 5. The van der Waals surface area contributed by atoms with E-state index in [1.807, 2.05) is 49.6 Å². The van der Waals surface area contributed by atoms with Crippen LogP contribution in [-0.4, -0.2) is 21.5 Å². The molecule has 0 fully saturated rings. The Balaban J connectivity index is 2.27. The normalized spacial score (nSPS) is 14.2. The molecular formula is C15H22N4O. The van der Waals surface area contributed by atoms with E-state index in [1.165, 1.54) is 0 Å². The Kier molecular flexibility index (Phi) is 4.39. The van der Waals surface area contributed by atoms with E-state index in [-0.39, 0.29) is 11.8 Å². The third-order valence-electron chi connectivity index (χ3n) is 3.77. The van der Waals surface area contributed by atoms with Gasteiger partial charge in [0.05, 0.1) is 17.1 Å². The Morgan fingerprint density at radius 3 is 2.75 bits per heavy atom. The Morgan fingerprint density at radius 2 is 2.10 bits per heavy atom. The standard InChI is InChI=1S/C15H22N4O/c1-4-10(3)13(16)14(20)18-15-17-11-8-6-7-9-12(11)19(15)5-2/h6-10,13H,4-5,16H2,1-3H3,(H,17,18,20). The number of hydrogen-bond acceptors (Lipinski definition) is 3. The van der Waals surface area contributed by atoms with Crippen LogP contribution < -0.4 is 11.1 Å². The lowest BCUT2D eigenvalue weighted by atomic mass is 10.00. The smallest absolute Gasteiger partial charge is 0.243 e. The second-order valence-electron chi connectivity index (χ2n) is 5.07. The Bertz CT molecular complexity index is 605. The molecular weight excluding hydrogens is 252 g/mol. The van der Waals surface area contributed by atoms with Crippen molar-refractivity contribution < 1.29 is 4.79 Å². The van der Waals surface area contributed by atoms with Crippen molar-refractivity contribution in [2.75, 3.05) is 5.32 Å². The average molecular weight is 274 g/mol. The fourth-order valence-corrected chi connectivity index (χ4v) is 2.20. The summed E-state index contributed by atoms with van der Waals surface area (Å²) in [6.45, 7) is 6.78. The first-order chi connectivity index (χ1) is 9.58. The molecule has 0 aliphatic carbocycles. The molecule has 0 spiro atoms. The number of nitrogens with one attached hydrogen (secondary N) is 1. The number of para-hydroxylation sites is 2. The van der Waals surface area contributed by atoms with Crippen molar-refractivity contribution in [1.82, 2.24) is 9.55 Å². The Hall–Kier alpha value is -1.88. The molecule has 1 aromatic heterocycles. The van der Waals surface area contributed by atoms with Gasteiger partial charge >= 0.3 is 0 Å². The van der Waals surface area contributed by atoms with Crippen molar-refractivity contribution >= 4 is 22.9 Å². The van der Waals surface area contributed by atoms with Crippen LogP contribution in [0.5, 0.6) is 0 Å². The van der Waals surface area contributed by atoms with Crippen LogP contribution in [0, 0.1) is 5.92 Å². The van der Waals surface area contributed by atoms with Gasteiger partial charge in [0.1, 0.15) is 0 Å². The van der Waals surface area contributed by atoms with Crippen molar-refractivity contribution in [2.45, 2.75) is 39.8 Å². The van der Waals surface area contributed by atoms with Gasteiger partial charge in [-0.2, -0.15) is 0 Å². The molecule has 108 valence electrons. The van der Waals surface area contributed by atoms with Crippen molar-refractivity contribution in [3.05, 3.63) is 24.3 Å². The molecule has 5 heteroatoms. The number of nitrogens with two attached hydrogens (primary N) is 1. The summed E-state index contributed by atoms with van der Waals surface area (Å²) in [6, 6.07) is 7.32. The van der Waals surface area contributed by atoms with Gasteiger partial charge in [-0.3, -0.25) is 10.1 Å². The van der Waals surface area contributed by atoms with E-state index in [2.05, 4.69) is 10.3 Å². The number of fused-ring (bicyclic) bond motifs is 1. The van der Waals surface area contributed by atoms with Gasteiger partial charge in [-0.1, -0.05) is 32.4 Å². The Labute approximate surface area is 119 Å². The number of carbonyl (C=O) groups is 1. The maximum Gasteiger partial charge on any atom is 0.243 e. The molecule has 5 nitrogen and oxygen atoms in total. The van der Waals surface area contributed by atoms with Crippen LogP contribution in [0.3, 0.4) is 0 Å².